The van der Waals surface area contributed by atoms with Gasteiger partial charge in [0.1, 0.15) is 0 Å². The van der Waals surface area contributed by atoms with E-state index in [2.05, 4.69) is 21.2 Å². The molecule has 2 N–H and O–H groups in total. The van der Waals surface area contributed by atoms with Crippen molar-refractivity contribution >= 4 is 21.8 Å². The SMILES string of the molecule is CCC(CCBr)NC(=O)c1cc(F)c(F)c(O)c1F. The van der Waals surface area contributed by atoms with Crippen LogP contribution in [0.5, 0.6) is 5.75 Å². The zero-order valence-corrected chi connectivity index (χ0v) is 11.7. The molecule has 19 heavy (non-hydrogen) atoms. The highest BCUT2D eigenvalue weighted by atomic mass is 79.9. The van der Waals surface area contributed by atoms with E-state index in [0.29, 0.717) is 24.2 Å². The van der Waals surface area contributed by atoms with Crippen LogP contribution in [0.15, 0.2) is 6.07 Å². The first-order valence-electron chi connectivity index (χ1n) is 5.65. The number of amides is 1. The third-order valence-electron chi connectivity index (χ3n) is 2.66. The zero-order valence-electron chi connectivity index (χ0n) is 10.1. The summed E-state index contributed by atoms with van der Waals surface area (Å²) in [6, 6.07) is 0.210. The summed E-state index contributed by atoms with van der Waals surface area (Å²) in [4.78, 5) is 11.8. The van der Waals surface area contributed by atoms with Crippen LogP contribution in [0.25, 0.3) is 0 Å². The number of benzene rings is 1. The Labute approximate surface area is 116 Å². The first-order chi connectivity index (χ1) is 8.92. The number of carbonyl (C=O) groups excluding carboxylic acids is 1. The van der Waals surface area contributed by atoms with Gasteiger partial charge < -0.3 is 10.4 Å². The topological polar surface area (TPSA) is 49.3 Å². The van der Waals surface area contributed by atoms with E-state index >= 15 is 0 Å². The Balaban J connectivity index is 3.00. The molecule has 0 aromatic heterocycles. The molecule has 0 saturated heterocycles. The molecule has 1 aromatic carbocycles. The predicted octanol–water partition coefficient (Wildman–Crippen LogP) is 3.10. The fraction of sp³-hybridized carbons (Fsp3) is 0.417. The second kappa shape index (κ2) is 6.79. The molecule has 0 aliphatic heterocycles. The molecule has 1 unspecified atom stereocenters. The normalized spacial score (nSPS) is 12.3. The van der Waals surface area contributed by atoms with Gasteiger partial charge in [0.15, 0.2) is 17.4 Å². The Kier molecular flexibility index (Phi) is 5.65. The van der Waals surface area contributed by atoms with E-state index in [9.17, 15) is 18.0 Å². The number of phenols is 1. The zero-order chi connectivity index (χ0) is 14.6. The molecule has 0 spiro atoms. The van der Waals surface area contributed by atoms with Gasteiger partial charge in [-0.3, -0.25) is 4.79 Å². The largest absolute Gasteiger partial charge is 0.503 e. The van der Waals surface area contributed by atoms with Gasteiger partial charge in [-0.2, -0.15) is 4.39 Å². The van der Waals surface area contributed by atoms with Gasteiger partial charge in [0.2, 0.25) is 5.82 Å². The van der Waals surface area contributed by atoms with Gasteiger partial charge in [0.25, 0.3) is 5.91 Å². The Hall–Kier alpha value is -1.24. The van der Waals surface area contributed by atoms with E-state index in [1.165, 1.54) is 0 Å². The maximum atomic E-state index is 13.5. The summed E-state index contributed by atoms with van der Waals surface area (Å²) in [5.74, 6) is -7.03. The van der Waals surface area contributed by atoms with Crippen LogP contribution in [0.4, 0.5) is 13.2 Å². The molecule has 0 bridgehead atoms. The maximum Gasteiger partial charge on any atom is 0.254 e. The molecule has 7 heteroatoms. The highest BCUT2D eigenvalue weighted by Gasteiger charge is 2.23. The molecule has 0 aliphatic carbocycles. The lowest BCUT2D eigenvalue weighted by molar-refractivity contribution is 0.0929. The summed E-state index contributed by atoms with van der Waals surface area (Å²) in [6.07, 6.45) is 1.22. The van der Waals surface area contributed by atoms with Gasteiger partial charge in [0.05, 0.1) is 5.56 Å². The molecular weight excluding hydrogens is 327 g/mol. The van der Waals surface area contributed by atoms with Crippen LogP contribution in [0.1, 0.15) is 30.1 Å². The van der Waals surface area contributed by atoms with Crippen LogP contribution in [-0.2, 0) is 0 Å². The van der Waals surface area contributed by atoms with Crippen molar-refractivity contribution in [3.05, 3.63) is 29.1 Å². The number of phenolic OH excluding ortho intramolecular Hbond substituents is 1. The minimum Gasteiger partial charge on any atom is -0.503 e. The van der Waals surface area contributed by atoms with Gasteiger partial charge in [-0.05, 0) is 18.9 Å². The Morgan fingerprint density at radius 1 is 1.42 bits per heavy atom. The Morgan fingerprint density at radius 3 is 2.58 bits per heavy atom. The average molecular weight is 340 g/mol. The number of rotatable bonds is 5. The Morgan fingerprint density at radius 2 is 2.05 bits per heavy atom. The predicted molar refractivity (Wildman–Crippen MR) is 67.9 cm³/mol. The van der Waals surface area contributed by atoms with Crippen LogP contribution in [0, 0.1) is 17.5 Å². The summed E-state index contributed by atoms with van der Waals surface area (Å²) >= 11 is 3.21. The number of hydrogen-bond donors (Lipinski definition) is 2. The molecule has 1 amide bonds. The third-order valence-corrected chi connectivity index (χ3v) is 3.12. The minimum atomic E-state index is -1.71. The van der Waals surface area contributed by atoms with E-state index in [1.807, 2.05) is 6.92 Å². The quantitative estimate of drug-likeness (QED) is 0.639. The summed E-state index contributed by atoms with van der Waals surface area (Å²) in [6.45, 7) is 1.83. The van der Waals surface area contributed by atoms with E-state index in [4.69, 9.17) is 5.11 Å². The van der Waals surface area contributed by atoms with Crippen LogP contribution >= 0.6 is 15.9 Å². The van der Waals surface area contributed by atoms with Crippen molar-refractivity contribution < 1.29 is 23.1 Å². The lowest BCUT2D eigenvalue weighted by atomic mass is 10.1. The fourth-order valence-electron chi connectivity index (χ4n) is 1.53. The van der Waals surface area contributed by atoms with Crippen LogP contribution in [-0.4, -0.2) is 22.4 Å². The second-order valence-electron chi connectivity index (χ2n) is 3.94. The van der Waals surface area contributed by atoms with E-state index < -0.39 is 34.7 Å². The van der Waals surface area contributed by atoms with Gasteiger partial charge in [-0.15, -0.1) is 0 Å². The van der Waals surface area contributed by atoms with E-state index in [-0.39, 0.29) is 6.04 Å². The van der Waals surface area contributed by atoms with Gasteiger partial charge in [-0.1, -0.05) is 22.9 Å². The molecule has 106 valence electrons. The monoisotopic (exact) mass is 339 g/mol. The summed E-state index contributed by atoms with van der Waals surface area (Å²) in [5, 5.41) is 12.2. The average Bonchev–Trinajstić information content (AvgIpc) is 2.39. The molecule has 0 saturated carbocycles. The number of hydrogen-bond acceptors (Lipinski definition) is 2. The van der Waals surface area contributed by atoms with Crippen molar-refractivity contribution in [2.24, 2.45) is 0 Å². The molecule has 1 atom stereocenters. The molecule has 0 fully saturated rings. The van der Waals surface area contributed by atoms with E-state index in [0.717, 1.165) is 0 Å². The molecular formula is C12H13BrF3NO2. The lowest BCUT2D eigenvalue weighted by Gasteiger charge is -2.16. The molecule has 1 aromatic rings. The molecule has 0 heterocycles. The van der Waals surface area contributed by atoms with Crippen molar-refractivity contribution in [2.75, 3.05) is 5.33 Å². The smallest absolute Gasteiger partial charge is 0.254 e. The summed E-state index contributed by atoms with van der Waals surface area (Å²) in [7, 11) is 0. The third kappa shape index (κ3) is 3.62. The highest BCUT2D eigenvalue weighted by molar-refractivity contribution is 9.09. The van der Waals surface area contributed by atoms with Crippen molar-refractivity contribution in [2.45, 2.75) is 25.8 Å². The molecule has 1 rings (SSSR count). The van der Waals surface area contributed by atoms with Crippen molar-refractivity contribution in [3.63, 3.8) is 0 Å². The van der Waals surface area contributed by atoms with Gasteiger partial charge >= 0.3 is 0 Å². The van der Waals surface area contributed by atoms with Gasteiger partial charge in [0, 0.05) is 11.4 Å². The van der Waals surface area contributed by atoms with Crippen LogP contribution in [0.3, 0.4) is 0 Å². The molecule has 3 nitrogen and oxygen atoms in total. The van der Waals surface area contributed by atoms with Crippen molar-refractivity contribution in [1.29, 1.82) is 0 Å². The minimum absolute atomic E-state index is 0.221. The summed E-state index contributed by atoms with van der Waals surface area (Å²) < 4.78 is 39.4. The number of halogens is 4. The molecule has 0 radical (unpaired) electrons. The fourth-order valence-corrected chi connectivity index (χ4v) is 2.08. The maximum absolute atomic E-state index is 13.5. The van der Waals surface area contributed by atoms with Crippen molar-refractivity contribution in [3.8, 4) is 5.75 Å². The number of aromatic hydroxyl groups is 1. The number of alkyl halides is 1. The number of carbonyl (C=O) groups is 1. The second-order valence-corrected chi connectivity index (χ2v) is 4.73. The first-order valence-corrected chi connectivity index (χ1v) is 6.77. The summed E-state index contributed by atoms with van der Waals surface area (Å²) in [5.41, 5.74) is -0.718. The van der Waals surface area contributed by atoms with Gasteiger partial charge in [-0.25, -0.2) is 8.78 Å². The standard InChI is InChI=1S/C12H13BrF3NO2/c1-2-6(3-4-13)17-12(19)7-5-8(14)10(16)11(18)9(7)15/h5-6,18H,2-4H2,1H3,(H,17,19). The van der Waals surface area contributed by atoms with Crippen LogP contribution < -0.4 is 5.32 Å². The van der Waals surface area contributed by atoms with Crippen molar-refractivity contribution in [1.82, 2.24) is 5.32 Å². The van der Waals surface area contributed by atoms with E-state index in [1.54, 1.807) is 0 Å². The number of nitrogens with one attached hydrogen (secondary N) is 1. The molecule has 0 aliphatic rings. The highest BCUT2D eigenvalue weighted by Crippen LogP contribution is 2.25. The lowest BCUT2D eigenvalue weighted by Crippen LogP contribution is -2.35. The van der Waals surface area contributed by atoms with Crippen LogP contribution in [0.2, 0.25) is 0 Å². The first kappa shape index (κ1) is 15.8. The Bertz CT molecular complexity index is 483.